The van der Waals surface area contributed by atoms with Crippen LogP contribution < -0.4 is 4.74 Å². The summed E-state index contributed by atoms with van der Waals surface area (Å²) >= 11 is 8.92. The average molecular weight is 290 g/mol. The SMILES string of the molecule is COc1ccc(-c2nc(Cl)no2)cc1Br. The fourth-order valence-corrected chi connectivity index (χ4v) is 1.77. The quantitative estimate of drug-likeness (QED) is 0.852. The van der Waals surface area contributed by atoms with Gasteiger partial charge >= 0.3 is 0 Å². The highest BCUT2D eigenvalue weighted by atomic mass is 79.9. The monoisotopic (exact) mass is 288 g/mol. The molecule has 1 aromatic carbocycles. The van der Waals surface area contributed by atoms with E-state index in [2.05, 4.69) is 26.1 Å². The Kier molecular flexibility index (Phi) is 2.93. The molecule has 0 bridgehead atoms. The molecular weight excluding hydrogens is 283 g/mol. The minimum absolute atomic E-state index is 0.0944. The number of hydrogen-bond acceptors (Lipinski definition) is 4. The molecule has 78 valence electrons. The molecule has 0 fully saturated rings. The Morgan fingerprint density at radius 3 is 2.80 bits per heavy atom. The Labute approximate surface area is 99.3 Å². The van der Waals surface area contributed by atoms with Crippen LogP contribution in [-0.4, -0.2) is 17.3 Å². The summed E-state index contributed by atoms with van der Waals surface area (Å²) in [5.74, 6) is 1.12. The van der Waals surface area contributed by atoms with E-state index in [1.54, 1.807) is 13.2 Å². The standard InChI is InChI=1S/C9H6BrClN2O2/c1-14-7-3-2-5(4-6(7)10)8-12-9(11)13-15-8/h2-4H,1H3. The summed E-state index contributed by atoms with van der Waals surface area (Å²) < 4.78 is 10.8. The number of rotatable bonds is 2. The molecule has 0 saturated heterocycles. The third kappa shape index (κ3) is 2.13. The van der Waals surface area contributed by atoms with Crippen molar-refractivity contribution < 1.29 is 9.26 Å². The number of aromatic nitrogens is 2. The number of nitrogens with zero attached hydrogens (tertiary/aromatic N) is 2. The summed E-state index contributed by atoms with van der Waals surface area (Å²) in [5.41, 5.74) is 0.780. The zero-order chi connectivity index (χ0) is 10.8. The molecule has 0 aliphatic heterocycles. The Morgan fingerprint density at radius 1 is 1.47 bits per heavy atom. The van der Waals surface area contributed by atoms with Gasteiger partial charge in [-0.15, -0.1) is 0 Å². The van der Waals surface area contributed by atoms with Gasteiger partial charge in [0.25, 0.3) is 11.2 Å². The van der Waals surface area contributed by atoms with Crippen molar-refractivity contribution in [2.45, 2.75) is 0 Å². The van der Waals surface area contributed by atoms with Gasteiger partial charge in [-0.1, -0.05) is 0 Å². The molecule has 1 aromatic heterocycles. The Balaban J connectivity index is 2.42. The lowest BCUT2D eigenvalue weighted by Gasteiger charge is -2.02. The number of ether oxygens (including phenoxy) is 1. The number of benzene rings is 1. The molecule has 0 atom stereocenters. The molecule has 15 heavy (non-hydrogen) atoms. The minimum atomic E-state index is 0.0944. The van der Waals surface area contributed by atoms with Gasteiger partial charge in [0.2, 0.25) is 0 Å². The molecule has 0 radical (unpaired) electrons. The first-order valence-corrected chi connectivity index (χ1v) is 5.21. The lowest BCUT2D eigenvalue weighted by molar-refractivity contribution is 0.411. The van der Waals surface area contributed by atoms with E-state index in [9.17, 15) is 0 Å². The van der Waals surface area contributed by atoms with Crippen LogP contribution in [0.3, 0.4) is 0 Å². The molecule has 0 amide bonds. The van der Waals surface area contributed by atoms with Crippen LogP contribution in [0, 0.1) is 0 Å². The van der Waals surface area contributed by atoms with E-state index in [1.807, 2.05) is 12.1 Å². The van der Waals surface area contributed by atoms with Crippen LogP contribution in [0.1, 0.15) is 0 Å². The zero-order valence-electron chi connectivity index (χ0n) is 7.70. The van der Waals surface area contributed by atoms with Crippen LogP contribution in [0.25, 0.3) is 11.5 Å². The Bertz CT molecular complexity index is 487. The molecule has 6 heteroatoms. The highest BCUT2D eigenvalue weighted by Crippen LogP contribution is 2.29. The van der Waals surface area contributed by atoms with Crippen LogP contribution in [-0.2, 0) is 0 Å². The van der Waals surface area contributed by atoms with Gasteiger partial charge in [-0.05, 0) is 50.9 Å². The summed E-state index contributed by atoms with van der Waals surface area (Å²) in [6.07, 6.45) is 0. The predicted octanol–water partition coefficient (Wildman–Crippen LogP) is 3.16. The van der Waals surface area contributed by atoms with Crippen molar-refractivity contribution in [3.8, 4) is 17.2 Å². The van der Waals surface area contributed by atoms with Crippen LogP contribution in [0.2, 0.25) is 5.28 Å². The first-order valence-electron chi connectivity index (χ1n) is 4.04. The molecule has 4 nitrogen and oxygen atoms in total. The summed E-state index contributed by atoms with van der Waals surface area (Å²) in [4.78, 5) is 3.90. The molecule has 1 heterocycles. The van der Waals surface area contributed by atoms with Crippen molar-refractivity contribution in [1.29, 1.82) is 0 Å². The Hall–Kier alpha value is -1.07. The van der Waals surface area contributed by atoms with Gasteiger partial charge in [-0.3, -0.25) is 0 Å². The normalized spacial score (nSPS) is 10.3. The van der Waals surface area contributed by atoms with Crippen molar-refractivity contribution in [3.63, 3.8) is 0 Å². The van der Waals surface area contributed by atoms with E-state index in [0.29, 0.717) is 5.89 Å². The minimum Gasteiger partial charge on any atom is -0.496 e. The predicted molar refractivity (Wildman–Crippen MR) is 59.0 cm³/mol. The zero-order valence-corrected chi connectivity index (χ0v) is 10.0. The molecule has 2 aromatic rings. The van der Waals surface area contributed by atoms with Crippen molar-refractivity contribution in [2.24, 2.45) is 0 Å². The number of halogens is 2. The third-order valence-electron chi connectivity index (χ3n) is 1.80. The maximum Gasteiger partial charge on any atom is 0.264 e. The molecule has 2 rings (SSSR count). The van der Waals surface area contributed by atoms with Crippen LogP contribution in [0.5, 0.6) is 5.75 Å². The second kappa shape index (κ2) is 4.20. The van der Waals surface area contributed by atoms with Gasteiger partial charge in [-0.25, -0.2) is 0 Å². The van der Waals surface area contributed by atoms with Crippen LogP contribution in [0.15, 0.2) is 27.2 Å². The van der Waals surface area contributed by atoms with E-state index < -0.39 is 0 Å². The molecular formula is C9H6BrClN2O2. The maximum atomic E-state index is 5.56. The van der Waals surface area contributed by atoms with Gasteiger partial charge in [0.15, 0.2) is 0 Å². The second-order valence-corrected chi connectivity index (χ2v) is 3.91. The van der Waals surface area contributed by atoms with E-state index in [0.717, 1.165) is 15.8 Å². The molecule has 0 aliphatic rings. The number of methoxy groups -OCH3 is 1. The third-order valence-corrected chi connectivity index (χ3v) is 2.57. The lowest BCUT2D eigenvalue weighted by atomic mass is 10.2. The largest absolute Gasteiger partial charge is 0.496 e. The number of hydrogen-bond donors (Lipinski definition) is 0. The first-order chi connectivity index (χ1) is 7.20. The summed E-state index contributed by atoms with van der Waals surface area (Å²) in [6.45, 7) is 0. The van der Waals surface area contributed by atoms with E-state index in [-0.39, 0.29) is 5.28 Å². The molecule has 0 aliphatic carbocycles. The average Bonchev–Trinajstić information content (AvgIpc) is 2.65. The van der Waals surface area contributed by atoms with Crippen molar-refractivity contribution >= 4 is 27.5 Å². The van der Waals surface area contributed by atoms with Crippen LogP contribution >= 0.6 is 27.5 Å². The molecule has 0 saturated carbocycles. The van der Waals surface area contributed by atoms with Gasteiger partial charge < -0.3 is 9.26 Å². The first kappa shape index (κ1) is 10.4. The molecule has 0 spiro atoms. The fraction of sp³-hybridized carbons (Fsp3) is 0.111. The fourth-order valence-electron chi connectivity index (χ4n) is 1.12. The van der Waals surface area contributed by atoms with Crippen LogP contribution in [0.4, 0.5) is 0 Å². The van der Waals surface area contributed by atoms with E-state index >= 15 is 0 Å². The Morgan fingerprint density at radius 2 is 2.27 bits per heavy atom. The van der Waals surface area contributed by atoms with Gasteiger partial charge in [-0.2, -0.15) is 4.98 Å². The van der Waals surface area contributed by atoms with Crippen molar-refractivity contribution in [1.82, 2.24) is 10.1 Å². The van der Waals surface area contributed by atoms with E-state index in [1.165, 1.54) is 0 Å². The summed E-state index contributed by atoms with van der Waals surface area (Å²) in [5, 5.41) is 3.59. The highest BCUT2D eigenvalue weighted by molar-refractivity contribution is 9.10. The van der Waals surface area contributed by atoms with Gasteiger partial charge in [0.05, 0.1) is 11.6 Å². The summed E-state index contributed by atoms with van der Waals surface area (Å²) in [7, 11) is 1.60. The maximum absolute atomic E-state index is 5.56. The molecule has 0 N–H and O–H groups in total. The lowest BCUT2D eigenvalue weighted by Crippen LogP contribution is -1.85. The smallest absolute Gasteiger partial charge is 0.264 e. The molecule has 0 unspecified atom stereocenters. The van der Waals surface area contributed by atoms with Crippen molar-refractivity contribution in [2.75, 3.05) is 7.11 Å². The summed E-state index contributed by atoms with van der Waals surface area (Å²) in [6, 6.07) is 5.44. The van der Waals surface area contributed by atoms with Gasteiger partial charge in [0.1, 0.15) is 5.75 Å². The second-order valence-electron chi connectivity index (χ2n) is 2.72. The van der Waals surface area contributed by atoms with Crippen molar-refractivity contribution in [3.05, 3.63) is 28.0 Å². The highest BCUT2D eigenvalue weighted by Gasteiger charge is 2.09. The topological polar surface area (TPSA) is 48.2 Å². The van der Waals surface area contributed by atoms with Gasteiger partial charge in [0, 0.05) is 5.56 Å². The van der Waals surface area contributed by atoms with E-state index in [4.69, 9.17) is 20.9 Å².